The molecule has 2 rings (SSSR count). The average molecular weight is 215 g/mol. The lowest BCUT2D eigenvalue weighted by Crippen LogP contribution is -1.95. The van der Waals surface area contributed by atoms with Crippen LogP contribution in [0.2, 0.25) is 0 Å². The second-order valence-corrected chi connectivity index (χ2v) is 3.47. The van der Waals surface area contributed by atoms with Gasteiger partial charge in [-0.1, -0.05) is 12.1 Å². The summed E-state index contributed by atoms with van der Waals surface area (Å²) in [6, 6.07) is 6.41. The van der Waals surface area contributed by atoms with E-state index < -0.39 is 0 Å². The van der Waals surface area contributed by atoms with Crippen LogP contribution in [0.15, 0.2) is 54.1 Å². The molecule has 1 nitrogen and oxygen atoms in total. The highest BCUT2D eigenvalue weighted by molar-refractivity contribution is 6.02. The number of hydrogen-bond donors (Lipinski definition) is 0. The Labute approximate surface area is 93.9 Å². The lowest BCUT2D eigenvalue weighted by molar-refractivity contribution is -0.417. The molecule has 16 heavy (non-hydrogen) atoms. The molecule has 0 heterocycles. The van der Waals surface area contributed by atoms with Gasteiger partial charge in [-0.25, -0.2) is 4.39 Å². The zero-order chi connectivity index (χ0) is 11.4. The van der Waals surface area contributed by atoms with Gasteiger partial charge in [-0.3, -0.25) is 4.42 Å². The molecule has 0 aliphatic heterocycles. The third kappa shape index (κ3) is 2.54. The zero-order valence-corrected chi connectivity index (χ0v) is 8.98. The maximum Gasteiger partial charge on any atom is 0.343 e. The number of hydrogen-bond acceptors (Lipinski definition) is 0. The van der Waals surface area contributed by atoms with Gasteiger partial charge >= 0.3 is 5.78 Å². The van der Waals surface area contributed by atoms with Crippen molar-refractivity contribution in [3.05, 3.63) is 65.5 Å². The maximum atomic E-state index is 12.7. The van der Waals surface area contributed by atoms with Crippen LogP contribution in [0.25, 0.3) is 6.08 Å². The second kappa shape index (κ2) is 4.71. The Morgan fingerprint density at radius 3 is 2.19 bits per heavy atom. The van der Waals surface area contributed by atoms with Gasteiger partial charge in [-0.05, 0) is 41.5 Å². The highest BCUT2D eigenvalue weighted by Crippen LogP contribution is 2.12. The molecule has 1 aromatic carbocycles. The molecule has 0 atom stereocenters. The van der Waals surface area contributed by atoms with Crippen LogP contribution >= 0.6 is 0 Å². The van der Waals surface area contributed by atoms with Gasteiger partial charge in [0.2, 0.25) is 0 Å². The minimum absolute atomic E-state index is 0.216. The number of ketones is 1. The van der Waals surface area contributed by atoms with Crippen molar-refractivity contribution >= 4 is 11.9 Å². The molecule has 0 unspecified atom stereocenters. The minimum Gasteiger partial charge on any atom is -0.258 e. The third-order valence-corrected chi connectivity index (χ3v) is 2.32. The van der Waals surface area contributed by atoms with Crippen LogP contribution in [0, 0.1) is 5.82 Å². The first-order valence-electron chi connectivity index (χ1n) is 5.02. The minimum atomic E-state index is -0.216. The van der Waals surface area contributed by atoms with Crippen LogP contribution in [0.5, 0.6) is 0 Å². The third-order valence-electron chi connectivity index (χ3n) is 2.32. The van der Waals surface area contributed by atoms with Gasteiger partial charge in [0.25, 0.3) is 7.11 Å². The summed E-state index contributed by atoms with van der Waals surface area (Å²) in [5.41, 5.74) is 2.04. The molecule has 0 radical (unpaired) electrons. The summed E-state index contributed by atoms with van der Waals surface area (Å²) in [6.07, 6.45) is 9.70. The summed E-state index contributed by atoms with van der Waals surface area (Å²) in [5.74, 6) is 0.614. The largest absolute Gasteiger partial charge is 0.343 e. The van der Waals surface area contributed by atoms with E-state index >= 15 is 0 Å². The Hall–Kier alpha value is -1.96. The zero-order valence-electron chi connectivity index (χ0n) is 8.98. The summed E-state index contributed by atoms with van der Waals surface area (Å²) in [4.78, 5) is 0. The number of halogens is 1. The molecule has 0 spiro atoms. The lowest BCUT2D eigenvalue weighted by atomic mass is 10.1. The number of benzene rings is 1. The van der Waals surface area contributed by atoms with E-state index in [1.54, 1.807) is 19.2 Å². The fourth-order valence-corrected chi connectivity index (χ4v) is 1.45. The van der Waals surface area contributed by atoms with Crippen molar-refractivity contribution < 1.29 is 8.82 Å². The van der Waals surface area contributed by atoms with Crippen LogP contribution in [-0.4, -0.2) is 12.9 Å². The second-order valence-electron chi connectivity index (χ2n) is 3.47. The van der Waals surface area contributed by atoms with E-state index in [2.05, 4.69) is 0 Å². The Morgan fingerprint density at radius 2 is 1.62 bits per heavy atom. The van der Waals surface area contributed by atoms with Gasteiger partial charge in [0.15, 0.2) is 0 Å². The molecule has 1 aliphatic carbocycles. The van der Waals surface area contributed by atoms with Crippen LogP contribution in [0.1, 0.15) is 5.56 Å². The molecule has 0 N–H and O–H groups in total. The van der Waals surface area contributed by atoms with Gasteiger partial charge in [0.05, 0.1) is 0 Å². The monoisotopic (exact) mass is 215 g/mol. The summed E-state index contributed by atoms with van der Waals surface area (Å²) in [5, 5.41) is 0. The lowest BCUT2D eigenvalue weighted by Gasteiger charge is -1.98. The normalized spacial score (nSPS) is 14.1. The molecular formula is C14H12FO+. The summed E-state index contributed by atoms with van der Waals surface area (Å²) >= 11 is 0. The predicted octanol–water partition coefficient (Wildman–Crippen LogP) is 3.07. The smallest absolute Gasteiger partial charge is 0.258 e. The SMILES string of the molecule is C[O+]=C1C=CC(=Cc2ccc(F)cc2)C=C1. The Morgan fingerprint density at radius 1 is 1.00 bits per heavy atom. The Bertz CT molecular complexity index is 472. The standard InChI is InChI=1S/C14H12FO/c1-16-14-8-4-12(5-9-14)10-11-2-6-13(15)7-3-11/h2-10H,1H3/q+1. The summed E-state index contributed by atoms with van der Waals surface area (Å²) in [7, 11) is 1.64. The van der Waals surface area contributed by atoms with Crippen molar-refractivity contribution in [2.24, 2.45) is 0 Å². The molecule has 0 saturated heterocycles. The van der Waals surface area contributed by atoms with Crippen LogP contribution < -0.4 is 0 Å². The van der Waals surface area contributed by atoms with Crippen LogP contribution in [0.3, 0.4) is 0 Å². The topological polar surface area (TPSA) is 11.3 Å². The number of rotatable bonds is 1. The first kappa shape index (κ1) is 10.6. The molecule has 1 aliphatic rings. The van der Waals surface area contributed by atoms with Crippen molar-refractivity contribution in [2.45, 2.75) is 0 Å². The summed E-state index contributed by atoms with van der Waals surface area (Å²) < 4.78 is 17.8. The van der Waals surface area contributed by atoms with E-state index in [-0.39, 0.29) is 5.82 Å². The van der Waals surface area contributed by atoms with E-state index in [0.717, 1.165) is 16.9 Å². The van der Waals surface area contributed by atoms with Crippen LogP contribution in [-0.2, 0) is 4.42 Å². The van der Waals surface area contributed by atoms with E-state index in [9.17, 15) is 4.39 Å². The van der Waals surface area contributed by atoms with Gasteiger partial charge in [-0.2, -0.15) is 0 Å². The maximum absolute atomic E-state index is 12.7. The van der Waals surface area contributed by atoms with E-state index in [1.807, 2.05) is 30.4 Å². The number of carbonyl (C=O) groups excluding carboxylic acids is 1. The molecule has 0 saturated carbocycles. The fraction of sp³-hybridized carbons (Fsp3) is 0.0714. The Kier molecular flexibility index (Phi) is 3.10. The average Bonchev–Trinajstić information content (AvgIpc) is 2.33. The van der Waals surface area contributed by atoms with E-state index in [0.29, 0.717) is 0 Å². The molecule has 2 heteroatoms. The van der Waals surface area contributed by atoms with E-state index in [4.69, 9.17) is 4.42 Å². The van der Waals surface area contributed by atoms with Gasteiger partial charge < -0.3 is 0 Å². The van der Waals surface area contributed by atoms with E-state index in [1.165, 1.54) is 12.1 Å². The molecule has 1 aromatic rings. The van der Waals surface area contributed by atoms with Gasteiger partial charge in [-0.15, -0.1) is 0 Å². The molecular weight excluding hydrogens is 203 g/mol. The highest BCUT2D eigenvalue weighted by Gasteiger charge is 2.04. The molecule has 80 valence electrons. The molecule has 0 bridgehead atoms. The Balaban J connectivity index is 2.21. The van der Waals surface area contributed by atoms with Crippen molar-refractivity contribution in [1.29, 1.82) is 0 Å². The molecule has 0 aromatic heterocycles. The van der Waals surface area contributed by atoms with Gasteiger partial charge in [0, 0.05) is 12.2 Å². The first-order valence-corrected chi connectivity index (χ1v) is 5.02. The van der Waals surface area contributed by atoms with Crippen molar-refractivity contribution in [2.75, 3.05) is 7.11 Å². The molecule has 0 amide bonds. The first-order chi connectivity index (χ1) is 7.78. The fourth-order valence-electron chi connectivity index (χ4n) is 1.45. The van der Waals surface area contributed by atoms with Crippen molar-refractivity contribution in [1.82, 2.24) is 0 Å². The van der Waals surface area contributed by atoms with Crippen molar-refractivity contribution in [3.8, 4) is 0 Å². The van der Waals surface area contributed by atoms with Crippen LogP contribution in [0.4, 0.5) is 4.39 Å². The molecule has 0 fully saturated rings. The van der Waals surface area contributed by atoms with Crippen molar-refractivity contribution in [3.63, 3.8) is 0 Å². The quantitative estimate of drug-likeness (QED) is 0.638. The number of allylic oxidation sites excluding steroid dienone is 5. The van der Waals surface area contributed by atoms with Gasteiger partial charge in [0.1, 0.15) is 5.82 Å². The highest BCUT2D eigenvalue weighted by atomic mass is 19.1. The predicted molar refractivity (Wildman–Crippen MR) is 63.6 cm³/mol. The summed E-state index contributed by atoms with van der Waals surface area (Å²) in [6.45, 7) is 0.